The van der Waals surface area contributed by atoms with Crippen LogP contribution in [0.2, 0.25) is 0 Å². The summed E-state index contributed by atoms with van der Waals surface area (Å²) in [5.74, 6) is 0.0678. The van der Waals surface area contributed by atoms with E-state index in [1.165, 1.54) is 0 Å². The summed E-state index contributed by atoms with van der Waals surface area (Å²) in [7, 11) is 0. The topological polar surface area (TPSA) is 67.6 Å². The molecular formula is C13H27N3O2. The minimum Gasteiger partial charge on any atom is -0.374 e. The van der Waals surface area contributed by atoms with Gasteiger partial charge in [-0.15, -0.1) is 0 Å². The Balaban J connectivity index is 2.21. The molecule has 0 aromatic heterocycles. The first-order chi connectivity index (χ1) is 8.43. The molecule has 1 amide bonds. The van der Waals surface area contributed by atoms with Gasteiger partial charge in [-0.3, -0.25) is 9.69 Å². The fourth-order valence-electron chi connectivity index (χ4n) is 2.12. The summed E-state index contributed by atoms with van der Waals surface area (Å²) in [6.45, 7) is 9.44. The van der Waals surface area contributed by atoms with E-state index in [9.17, 15) is 4.79 Å². The zero-order chi connectivity index (χ0) is 13.6. The highest BCUT2D eigenvalue weighted by Gasteiger charge is 2.21. The van der Waals surface area contributed by atoms with Crippen LogP contribution >= 0.6 is 0 Å². The Hall–Kier alpha value is -0.650. The van der Waals surface area contributed by atoms with Crippen LogP contribution in [0.4, 0.5) is 0 Å². The third-order valence-electron chi connectivity index (χ3n) is 3.25. The van der Waals surface area contributed by atoms with Crippen LogP contribution < -0.4 is 11.1 Å². The summed E-state index contributed by atoms with van der Waals surface area (Å²) in [4.78, 5) is 14.0. The molecule has 1 aliphatic rings. The highest BCUT2D eigenvalue weighted by Crippen LogP contribution is 2.08. The second kappa shape index (κ2) is 7.07. The largest absolute Gasteiger partial charge is 0.374 e. The van der Waals surface area contributed by atoms with Crippen molar-refractivity contribution in [2.24, 2.45) is 5.73 Å². The molecule has 3 N–H and O–H groups in total. The van der Waals surface area contributed by atoms with Crippen molar-refractivity contribution < 1.29 is 9.53 Å². The van der Waals surface area contributed by atoms with Crippen LogP contribution in [-0.4, -0.2) is 55.2 Å². The van der Waals surface area contributed by atoms with E-state index in [1.807, 2.05) is 20.8 Å². The smallest absolute Gasteiger partial charge is 0.234 e. The van der Waals surface area contributed by atoms with Gasteiger partial charge in [0.1, 0.15) is 0 Å². The number of nitrogens with one attached hydrogen (secondary N) is 1. The molecule has 0 aromatic rings. The maximum Gasteiger partial charge on any atom is 0.234 e. The number of amides is 1. The number of piperidine rings is 1. The van der Waals surface area contributed by atoms with E-state index in [0.29, 0.717) is 25.7 Å². The van der Waals surface area contributed by atoms with Gasteiger partial charge < -0.3 is 15.8 Å². The Kier molecular flexibility index (Phi) is 6.05. The van der Waals surface area contributed by atoms with Gasteiger partial charge in [-0.05, 0) is 33.6 Å². The van der Waals surface area contributed by atoms with E-state index in [0.717, 1.165) is 25.9 Å². The van der Waals surface area contributed by atoms with Crippen LogP contribution in [0, 0.1) is 0 Å². The van der Waals surface area contributed by atoms with Crippen molar-refractivity contribution in [1.82, 2.24) is 10.2 Å². The Bertz CT molecular complexity index is 261. The molecule has 0 spiro atoms. The summed E-state index contributed by atoms with van der Waals surface area (Å²) in [6, 6.07) is 0.307. The summed E-state index contributed by atoms with van der Waals surface area (Å²) in [5.41, 5.74) is 5.54. The maximum absolute atomic E-state index is 11.8. The average Bonchev–Trinajstić information content (AvgIpc) is 2.30. The minimum absolute atomic E-state index is 0.0678. The summed E-state index contributed by atoms with van der Waals surface area (Å²) in [5, 5.41) is 2.93. The summed E-state index contributed by atoms with van der Waals surface area (Å²) >= 11 is 0. The number of hydrogen-bond acceptors (Lipinski definition) is 4. The van der Waals surface area contributed by atoms with E-state index in [1.54, 1.807) is 0 Å². The van der Waals surface area contributed by atoms with Gasteiger partial charge in [-0.25, -0.2) is 0 Å². The van der Waals surface area contributed by atoms with Gasteiger partial charge in [0.2, 0.25) is 5.91 Å². The molecule has 0 aliphatic carbocycles. The third kappa shape index (κ3) is 5.80. The molecule has 0 bridgehead atoms. The Morgan fingerprint density at radius 1 is 1.44 bits per heavy atom. The Morgan fingerprint density at radius 3 is 2.61 bits per heavy atom. The van der Waals surface area contributed by atoms with Gasteiger partial charge in [0.25, 0.3) is 0 Å². The predicted octanol–water partition coefficient (Wildman–Crippen LogP) is 0.341. The molecule has 5 nitrogen and oxygen atoms in total. The van der Waals surface area contributed by atoms with Crippen LogP contribution in [0.25, 0.3) is 0 Å². The SMILES string of the molecule is CCOC(C)(C)CNC(=O)CN1CCC(N)CC1. The van der Waals surface area contributed by atoms with Crippen LogP contribution in [0.1, 0.15) is 33.6 Å². The monoisotopic (exact) mass is 257 g/mol. The predicted molar refractivity (Wildman–Crippen MR) is 72.4 cm³/mol. The second-order valence-electron chi connectivity index (χ2n) is 5.58. The normalized spacial score (nSPS) is 18.9. The number of ether oxygens (including phenoxy) is 1. The summed E-state index contributed by atoms with van der Waals surface area (Å²) < 4.78 is 5.54. The molecule has 1 rings (SSSR count). The maximum atomic E-state index is 11.8. The minimum atomic E-state index is -0.297. The molecule has 18 heavy (non-hydrogen) atoms. The second-order valence-corrected chi connectivity index (χ2v) is 5.58. The van der Waals surface area contributed by atoms with Gasteiger partial charge in [0.05, 0.1) is 12.1 Å². The molecule has 0 aromatic carbocycles. The highest BCUT2D eigenvalue weighted by molar-refractivity contribution is 5.78. The molecule has 1 saturated heterocycles. The number of hydrogen-bond donors (Lipinski definition) is 2. The lowest BCUT2D eigenvalue weighted by Crippen LogP contribution is -2.47. The first-order valence-electron chi connectivity index (χ1n) is 6.81. The zero-order valence-electron chi connectivity index (χ0n) is 11.9. The van der Waals surface area contributed by atoms with Crippen LogP contribution in [0.15, 0.2) is 0 Å². The van der Waals surface area contributed by atoms with E-state index < -0.39 is 0 Å². The molecule has 1 aliphatic heterocycles. The number of nitrogens with zero attached hydrogens (tertiary/aromatic N) is 1. The molecule has 0 saturated carbocycles. The Morgan fingerprint density at radius 2 is 2.06 bits per heavy atom. The van der Waals surface area contributed by atoms with Gasteiger partial charge in [-0.1, -0.05) is 0 Å². The molecule has 0 radical (unpaired) electrons. The van der Waals surface area contributed by atoms with E-state index in [-0.39, 0.29) is 11.5 Å². The molecule has 1 heterocycles. The molecule has 5 heteroatoms. The van der Waals surface area contributed by atoms with E-state index >= 15 is 0 Å². The highest BCUT2D eigenvalue weighted by atomic mass is 16.5. The molecule has 0 unspecified atom stereocenters. The van der Waals surface area contributed by atoms with Crippen molar-refractivity contribution in [1.29, 1.82) is 0 Å². The number of carbonyl (C=O) groups excluding carboxylic acids is 1. The standard InChI is InChI=1S/C13H27N3O2/c1-4-18-13(2,3)10-15-12(17)9-16-7-5-11(14)6-8-16/h11H,4-10,14H2,1-3H3,(H,15,17). The average molecular weight is 257 g/mol. The number of likely N-dealkylation sites (tertiary alicyclic amines) is 1. The lowest BCUT2D eigenvalue weighted by Gasteiger charge is -2.30. The number of carbonyl (C=O) groups is 1. The van der Waals surface area contributed by atoms with Gasteiger partial charge in [-0.2, -0.15) is 0 Å². The molecule has 0 atom stereocenters. The van der Waals surface area contributed by atoms with E-state index in [4.69, 9.17) is 10.5 Å². The first kappa shape index (κ1) is 15.4. The van der Waals surface area contributed by atoms with Gasteiger partial charge >= 0.3 is 0 Å². The number of rotatable bonds is 6. The lowest BCUT2D eigenvalue weighted by molar-refractivity contribution is -0.124. The fourth-order valence-corrected chi connectivity index (χ4v) is 2.12. The van der Waals surface area contributed by atoms with Gasteiger partial charge in [0.15, 0.2) is 0 Å². The van der Waals surface area contributed by atoms with Crippen molar-refractivity contribution in [3.63, 3.8) is 0 Å². The third-order valence-corrected chi connectivity index (χ3v) is 3.25. The number of nitrogens with two attached hydrogens (primary N) is 1. The lowest BCUT2D eigenvalue weighted by atomic mass is 10.1. The van der Waals surface area contributed by atoms with E-state index in [2.05, 4.69) is 10.2 Å². The molecule has 106 valence electrons. The fraction of sp³-hybridized carbons (Fsp3) is 0.923. The quantitative estimate of drug-likeness (QED) is 0.720. The summed E-state index contributed by atoms with van der Waals surface area (Å²) in [6.07, 6.45) is 1.97. The molecule has 1 fully saturated rings. The van der Waals surface area contributed by atoms with Crippen molar-refractivity contribution in [2.75, 3.05) is 32.8 Å². The van der Waals surface area contributed by atoms with Gasteiger partial charge in [0, 0.05) is 32.3 Å². The zero-order valence-corrected chi connectivity index (χ0v) is 11.9. The van der Waals surface area contributed by atoms with Crippen molar-refractivity contribution in [3.05, 3.63) is 0 Å². The molecular weight excluding hydrogens is 230 g/mol. The van der Waals surface area contributed by atoms with Crippen LogP contribution in [0.3, 0.4) is 0 Å². The first-order valence-corrected chi connectivity index (χ1v) is 6.81. The van der Waals surface area contributed by atoms with Crippen molar-refractivity contribution in [3.8, 4) is 0 Å². The Labute approximate surface area is 110 Å². The van der Waals surface area contributed by atoms with Crippen molar-refractivity contribution in [2.45, 2.75) is 45.3 Å². The van der Waals surface area contributed by atoms with Crippen LogP contribution in [0.5, 0.6) is 0 Å². The van der Waals surface area contributed by atoms with Crippen molar-refractivity contribution >= 4 is 5.91 Å². The van der Waals surface area contributed by atoms with Crippen LogP contribution in [-0.2, 0) is 9.53 Å².